The second kappa shape index (κ2) is 2.23. The average Bonchev–Trinajstić information content (AvgIpc) is 2.04. The van der Waals surface area contributed by atoms with Crippen LogP contribution in [0.4, 0.5) is 0 Å². The third-order valence-corrected chi connectivity index (χ3v) is 1.37. The summed E-state index contributed by atoms with van der Waals surface area (Å²) in [5, 5.41) is 0. The maximum Gasteiger partial charge on any atom is 0.230 e. The molecule has 2 aromatic rings. The fourth-order valence-electron chi connectivity index (χ4n) is 0.850. The molecular formula is C7H6O4. The molecule has 2 rings (SSSR count). The van der Waals surface area contributed by atoms with Gasteiger partial charge in [-0.3, -0.25) is 0 Å². The SMILES string of the molecule is Cc1ccc2ooooc2c1. The Labute approximate surface area is 61.5 Å². The molecule has 11 heavy (non-hydrogen) atoms. The van der Waals surface area contributed by atoms with Crippen LogP contribution in [0.5, 0.6) is 0 Å². The van der Waals surface area contributed by atoms with Gasteiger partial charge in [-0.2, -0.15) is 0 Å². The van der Waals surface area contributed by atoms with Crippen LogP contribution in [0.3, 0.4) is 0 Å². The molecule has 0 spiro atoms. The standard InChI is InChI=1S/C7H6O4/c1-5-2-3-6-7(4-5)9-11-10-8-6/h2-4H,1H3. The molecule has 4 nitrogen and oxygen atoms in total. The number of hydrogen-bond acceptors (Lipinski definition) is 4. The lowest BCUT2D eigenvalue weighted by Crippen LogP contribution is -1.73. The number of benzene rings is 1. The summed E-state index contributed by atoms with van der Waals surface area (Å²) in [5.74, 6) is 0. The van der Waals surface area contributed by atoms with E-state index in [1.54, 1.807) is 12.1 Å². The highest BCUT2D eigenvalue weighted by atomic mass is 17.4. The molecule has 0 aliphatic rings. The van der Waals surface area contributed by atoms with Gasteiger partial charge in [-0.05, 0) is 34.1 Å². The Hall–Kier alpha value is -1.58. The second-order valence-electron chi connectivity index (χ2n) is 2.25. The van der Waals surface area contributed by atoms with E-state index >= 15 is 0 Å². The first kappa shape index (κ1) is 6.15. The third-order valence-electron chi connectivity index (χ3n) is 1.37. The van der Waals surface area contributed by atoms with Crippen molar-refractivity contribution in [2.45, 2.75) is 6.92 Å². The lowest BCUT2D eigenvalue weighted by atomic mass is 10.2. The molecule has 0 unspecified atom stereocenters. The average molecular weight is 154 g/mol. The van der Waals surface area contributed by atoms with E-state index in [2.05, 4.69) is 18.6 Å². The Kier molecular flexibility index (Phi) is 1.25. The number of aryl methyl sites for hydroxylation is 1. The van der Waals surface area contributed by atoms with Crippen LogP contribution in [-0.4, -0.2) is 0 Å². The summed E-state index contributed by atoms with van der Waals surface area (Å²) < 4.78 is 17.5. The van der Waals surface area contributed by atoms with Crippen LogP contribution in [0.25, 0.3) is 11.2 Å². The molecule has 0 N–H and O–H groups in total. The highest BCUT2D eigenvalue weighted by Gasteiger charge is 1.98. The first-order valence-corrected chi connectivity index (χ1v) is 3.15. The van der Waals surface area contributed by atoms with Crippen molar-refractivity contribution >= 4 is 11.2 Å². The lowest BCUT2D eigenvalue weighted by molar-refractivity contribution is -0.295. The van der Waals surface area contributed by atoms with Gasteiger partial charge in [0.25, 0.3) is 0 Å². The predicted octanol–water partition coefficient (Wildman–Crippen LogP) is 2.64. The van der Waals surface area contributed by atoms with Crippen molar-refractivity contribution < 1.29 is 18.6 Å². The molecule has 0 bridgehead atoms. The van der Waals surface area contributed by atoms with Crippen LogP contribution in [0.15, 0.2) is 36.8 Å². The van der Waals surface area contributed by atoms with E-state index in [-0.39, 0.29) is 0 Å². The summed E-state index contributed by atoms with van der Waals surface area (Å²) in [6, 6.07) is 5.42. The van der Waals surface area contributed by atoms with Crippen molar-refractivity contribution in [3.8, 4) is 0 Å². The van der Waals surface area contributed by atoms with Crippen molar-refractivity contribution in [1.82, 2.24) is 0 Å². The van der Waals surface area contributed by atoms with Crippen molar-refractivity contribution in [2.24, 2.45) is 0 Å². The summed E-state index contributed by atoms with van der Waals surface area (Å²) in [4.78, 5) is 0. The van der Waals surface area contributed by atoms with Crippen LogP contribution < -0.4 is 0 Å². The van der Waals surface area contributed by atoms with E-state index in [9.17, 15) is 0 Å². The Morgan fingerprint density at radius 3 is 2.55 bits per heavy atom. The van der Waals surface area contributed by atoms with Crippen LogP contribution in [0.1, 0.15) is 5.56 Å². The molecule has 0 atom stereocenters. The summed E-state index contributed by atoms with van der Waals surface area (Å²) in [7, 11) is 0. The predicted molar refractivity (Wildman–Crippen MR) is 35.4 cm³/mol. The minimum atomic E-state index is 0.516. The molecule has 0 aliphatic heterocycles. The zero-order valence-electron chi connectivity index (χ0n) is 5.87. The molecule has 1 aromatic heterocycles. The molecule has 0 amide bonds. The third kappa shape index (κ3) is 1.02. The van der Waals surface area contributed by atoms with Crippen molar-refractivity contribution in [3.05, 3.63) is 23.8 Å². The molecule has 0 fully saturated rings. The van der Waals surface area contributed by atoms with Gasteiger partial charge >= 0.3 is 0 Å². The van der Waals surface area contributed by atoms with Crippen molar-refractivity contribution in [2.75, 3.05) is 0 Å². The molecule has 0 radical (unpaired) electrons. The molecule has 0 saturated heterocycles. The summed E-state index contributed by atoms with van der Waals surface area (Å²) >= 11 is 0. The Morgan fingerprint density at radius 2 is 1.73 bits per heavy atom. The van der Waals surface area contributed by atoms with Crippen LogP contribution in [0.2, 0.25) is 0 Å². The van der Waals surface area contributed by atoms with Gasteiger partial charge in [-0.15, -0.1) is 0 Å². The molecule has 1 aromatic carbocycles. The molecule has 4 heteroatoms. The van der Waals surface area contributed by atoms with Crippen LogP contribution in [0, 0.1) is 6.92 Å². The highest BCUT2D eigenvalue weighted by Crippen LogP contribution is 2.14. The fraction of sp³-hybridized carbons (Fsp3) is 0.143. The van der Waals surface area contributed by atoms with E-state index < -0.39 is 0 Å². The number of hydrogen-bond donors (Lipinski definition) is 0. The van der Waals surface area contributed by atoms with Gasteiger partial charge in [-0.25, -0.2) is 9.15 Å². The first-order valence-electron chi connectivity index (χ1n) is 3.15. The number of fused-ring (bicyclic) bond motifs is 1. The Bertz CT molecular complexity index is 385. The Morgan fingerprint density at radius 1 is 1.00 bits per heavy atom. The summed E-state index contributed by atoms with van der Waals surface area (Å²) in [6.45, 7) is 1.94. The van der Waals surface area contributed by atoms with Crippen molar-refractivity contribution in [1.29, 1.82) is 0 Å². The van der Waals surface area contributed by atoms with Gasteiger partial charge in [0, 0.05) is 0 Å². The molecule has 58 valence electrons. The van der Waals surface area contributed by atoms with Gasteiger partial charge < -0.3 is 0 Å². The number of rotatable bonds is 0. The highest BCUT2D eigenvalue weighted by molar-refractivity contribution is 5.69. The summed E-state index contributed by atoms with van der Waals surface area (Å²) in [6.07, 6.45) is 0. The maximum absolute atomic E-state index is 4.66. The monoisotopic (exact) mass is 154 g/mol. The zero-order chi connectivity index (χ0) is 7.68. The summed E-state index contributed by atoms with van der Waals surface area (Å²) in [5.41, 5.74) is 2.11. The maximum atomic E-state index is 4.66. The van der Waals surface area contributed by atoms with E-state index in [4.69, 9.17) is 0 Å². The topological polar surface area (TPSA) is 52.6 Å². The van der Waals surface area contributed by atoms with E-state index in [1.165, 1.54) is 0 Å². The van der Waals surface area contributed by atoms with Gasteiger partial charge in [-0.1, -0.05) is 6.07 Å². The first-order chi connectivity index (χ1) is 5.36. The largest absolute Gasteiger partial charge is 0.245 e. The Balaban J connectivity index is 2.83. The smallest absolute Gasteiger partial charge is 0.230 e. The molecule has 0 saturated carbocycles. The normalized spacial score (nSPS) is 10.3. The van der Waals surface area contributed by atoms with Gasteiger partial charge in [0.05, 0.1) is 0 Å². The van der Waals surface area contributed by atoms with Crippen LogP contribution >= 0.6 is 0 Å². The fourth-order valence-corrected chi connectivity index (χ4v) is 0.850. The van der Waals surface area contributed by atoms with Gasteiger partial charge in [0.2, 0.25) is 11.2 Å². The zero-order valence-corrected chi connectivity index (χ0v) is 5.87. The van der Waals surface area contributed by atoms with E-state index in [0.717, 1.165) is 5.56 Å². The molecule has 1 heterocycles. The van der Waals surface area contributed by atoms with E-state index in [0.29, 0.717) is 11.2 Å². The molecular weight excluding hydrogens is 148 g/mol. The minimum Gasteiger partial charge on any atom is -0.245 e. The van der Waals surface area contributed by atoms with E-state index in [1.807, 2.05) is 13.0 Å². The van der Waals surface area contributed by atoms with Gasteiger partial charge in [0.15, 0.2) is 0 Å². The lowest BCUT2D eigenvalue weighted by Gasteiger charge is -1.91. The quantitative estimate of drug-likeness (QED) is 0.547. The van der Waals surface area contributed by atoms with Crippen molar-refractivity contribution in [3.63, 3.8) is 0 Å². The molecule has 0 aliphatic carbocycles. The second-order valence-corrected chi connectivity index (χ2v) is 2.25. The minimum absolute atomic E-state index is 0.516. The van der Waals surface area contributed by atoms with Gasteiger partial charge in [0.1, 0.15) is 0 Å². The van der Waals surface area contributed by atoms with Crippen LogP contribution in [-0.2, 0) is 0 Å².